The van der Waals surface area contributed by atoms with E-state index in [9.17, 15) is 0 Å². The van der Waals surface area contributed by atoms with E-state index in [1.54, 1.807) is 0 Å². The molecule has 2 atom stereocenters. The Morgan fingerprint density at radius 3 is 2.36 bits per heavy atom. The first kappa shape index (κ1) is 12.0. The molecular formula is C20H16N2. The van der Waals surface area contributed by atoms with Gasteiger partial charge in [0.1, 0.15) is 0 Å². The first-order valence-electron chi connectivity index (χ1n) is 7.71. The van der Waals surface area contributed by atoms with Gasteiger partial charge in [0, 0.05) is 11.3 Å². The summed E-state index contributed by atoms with van der Waals surface area (Å²) in [6.45, 7) is 0. The molecule has 0 spiro atoms. The molecule has 1 saturated heterocycles. The first-order chi connectivity index (χ1) is 10.9. The van der Waals surface area contributed by atoms with E-state index in [4.69, 9.17) is 0 Å². The molecule has 0 bridgehead atoms. The van der Waals surface area contributed by atoms with Crippen LogP contribution in [0.5, 0.6) is 0 Å². The molecule has 1 fully saturated rings. The van der Waals surface area contributed by atoms with Gasteiger partial charge >= 0.3 is 0 Å². The SMILES string of the molecule is c1ccc(-c2cccc(-c3cccc4c3N[C@@H]3NC43)c2)cc1. The van der Waals surface area contributed by atoms with Crippen molar-refractivity contribution in [2.45, 2.75) is 12.2 Å². The van der Waals surface area contributed by atoms with Gasteiger partial charge < -0.3 is 5.32 Å². The van der Waals surface area contributed by atoms with Crippen LogP contribution in [0.2, 0.25) is 0 Å². The highest BCUT2D eigenvalue weighted by Gasteiger charge is 2.45. The molecule has 106 valence electrons. The van der Waals surface area contributed by atoms with Crippen molar-refractivity contribution in [3.05, 3.63) is 78.4 Å². The van der Waals surface area contributed by atoms with Crippen LogP contribution in [0.15, 0.2) is 72.8 Å². The fourth-order valence-corrected chi connectivity index (χ4v) is 3.42. The van der Waals surface area contributed by atoms with Gasteiger partial charge in [-0.05, 0) is 28.3 Å². The second kappa shape index (κ2) is 4.46. The number of hydrogen-bond donors (Lipinski definition) is 2. The highest BCUT2D eigenvalue weighted by atomic mass is 15.3. The lowest BCUT2D eigenvalue weighted by atomic mass is 9.96. The lowest BCUT2D eigenvalue weighted by molar-refractivity contribution is 1.08. The van der Waals surface area contributed by atoms with Gasteiger partial charge in [0.25, 0.3) is 0 Å². The van der Waals surface area contributed by atoms with Crippen LogP contribution in [-0.4, -0.2) is 6.17 Å². The van der Waals surface area contributed by atoms with Gasteiger partial charge in [-0.15, -0.1) is 0 Å². The molecule has 5 rings (SSSR count). The van der Waals surface area contributed by atoms with E-state index in [0.717, 1.165) is 0 Å². The third-order valence-corrected chi connectivity index (χ3v) is 4.60. The Morgan fingerprint density at radius 2 is 1.45 bits per heavy atom. The molecule has 1 unspecified atom stereocenters. The fourth-order valence-electron chi connectivity index (χ4n) is 3.42. The molecule has 3 aromatic carbocycles. The number of nitrogens with one attached hydrogen (secondary N) is 2. The summed E-state index contributed by atoms with van der Waals surface area (Å²) in [5.41, 5.74) is 7.77. The van der Waals surface area contributed by atoms with Crippen LogP contribution >= 0.6 is 0 Å². The normalized spacial score (nSPS) is 20.9. The van der Waals surface area contributed by atoms with Gasteiger partial charge in [0.15, 0.2) is 0 Å². The van der Waals surface area contributed by atoms with Crippen LogP contribution in [-0.2, 0) is 0 Å². The second-order valence-electron chi connectivity index (χ2n) is 5.98. The van der Waals surface area contributed by atoms with Crippen molar-refractivity contribution in [2.24, 2.45) is 0 Å². The number of para-hydroxylation sites is 1. The molecule has 2 aliphatic rings. The van der Waals surface area contributed by atoms with Gasteiger partial charge in [-0.1, -0.05) is 66.7 Å². The molecular weight excluding hydrogens is 268 g/mol. The molecule has 2 aliphatic heterocycles. The summed E-state index contributed by atoms with van der Waals surface area (Å²) in [6, 6.07) is 26.4. The molecule has 2 heterocycles. The average Bonchev–Trinajstić information content (AvgIpc) is 3.27. The van der Waals surface area contributed by atoms with E-state index >= 15 is 0 Å². The fraction of sp³-hybridized carbons (Fsp3) is 0.100. The van der Waals surface area contributed by atoms with Crippen molar-refractivity contribution in [3.63, 3.8) is 0 Å². The van der Waals surface area contributed by atoms with Gasteiger partial charge in [0.05, 0.1) is 12.2 Å². The molecule has 22 heavy (non-hydrogen) atoms. The van der Waals surface area contributed by atoms with Crippen LogP contribution in [0.1, 0.15) is 11.6 Å². The smallest absolute Gasteiger partial charge is 0.0975 e. The number of benzene rings is 3. The van der Waals surface area contributed by atoms with Gasteiger partial charge in [-0.3, -0.25) is 5.32 Å². The minimum Gasteiger partial charge on any atom is -0.367 e. The molecule has 2 heteroatoms. The Hall–Kier alpha value is -2.58. The van der Waals surface area contributed by atoms with Crippen molar-refractivity contribution < 1.29 is 0 Å². The minimum absolute atomic E-state index is 0.438. The Bertz CT molecular complexity index is 855. The van der Waals surface area contributed by atoms with Crippen molar-refractivity contribution in [1.29, 1.82) is 0 Å². The summed E-state index contributed by atoms with van der Waals surface area (Å²) in [6.07, 6.45) is 0.438. The quantitative estimate of drug-likeness (QED) is 0.683. The maximum absolute atomic E-state index is 3.59. The van der Waals surface area contributed by atoms with E-state index in [-0.39, 0.29) is 0 Å². The van der Waals surface area contributed by atoms with E-state index in [0.29, 0.717) is 12.2 Å². The second-order valence-corrected chi connectivity index (χ2v) is 5.98. The van der Waals surface area contributed by atoms with Crippen molar-refractivity contribution in [1.82, 2.24) is 5.32 Å². The molecule has 0 amide bonds. The topological polar surface area (TPSA) is 34.0 Å². The Labute approximate surface area is 129 Å². The summed E-state index contributed by atoms with van der Waals surface area (Å²) < 4.78 is 0. The predicted octanol–water partition coefficient (Wildman–Crippen LogP) is 4.42. The van der Waals surface area contributed by atoms with Crippen LogP contribution < -0.4 is 10.6 Å². The summed E-state index contributed by atoms with van der Waals surface area (Å²) in [7, 11) is 0. The van der Waals surface area contributed by atoms with Crippen molar-refractivity contribution >= 4 is 5.69 Å². The third-order valence-electron chi connectivity index (χ3n) is 4.60. The van der Waals surface area contributed by atoms with Crippen molar-refractivity contribution in [3.8, 4) is 22.3 Å². The highest BCUT2D eigenvalue weighted by molar-refractivity contribution is 5.85. The van der Waals surface area contributed by atoms with E-state index in [1.807, 2.05) is 0 Å². The van der Waals surface area contributed by atoms with Crippen LogP contribution in [0.4, 0.5) is 5.69 Å². The summed E-state index contributed by atoms with van der Waals surface area (Å²) in [4.78, 5) is 0. The van der Waals surface area contributed by atoms with Gasteiger partial charge in [-0.25, -0.2) is 0 Å². The monoisotopic (exact) mass is 284 g/mol. The number of rotatable bonds is 2. The lowest BCUT2D eigenvalue weighted by Crippen LogP contribution is -2.05. The van der Waals surface area contributed by atoms with Crippen LogP contribution in [0.25, 0.3) is 22.3 Å². The third kappa shape index (κ3) is 1.78. The highest BCUT2D eigenvalue weighted by Crippen LogP contribution is 2.46. The summed E-state index contributed by atoms with van der Waals surface area (Å²) in [5, 5.41) is 7.02. The van der Waals surface area contributed by atoms with E-state index < -0.39 is 0 Å². The zero-order chi connectivity index (χ0) is 14.5. The molecule has 0 saturated carbocycles. The number of hydrogen-bond acceptors (Lipinski definition) is 2. The molecule has 0 radical (unpaired) electrons. The largest absolute Gasteiger partial charge is 0.367 e. The van der Waals surface area contributed by atoms with E-state index in [2.05, 4.69) is 83.4 Å². The maximum Gasteiger partial charge on any atom is 0.0975 e. The summed E-state index contributed by atoms with van der Waals surface area (Å²) >= 11 is 0. The van der Waals surface area contributed by atoms with Crippen LogP contribution in [0.3, 0.4) is 0 Å². The minimum atomic E-state index is 0.438. The first-order valence-corrected chi connectivity index (χ1v) is 7.71. The lowest BCUT2D eigenvalue weighted by Gasteiger charge is -2.13. The molecule has 0 aliphatic carbocycles. The molecule has 3 aromatic rings. The number of fused-ring (bicyclic) bond motifs is 3. The zero-order valence-corrected chi connectivity index (χ0v) is 12.1. The predicted molar refractivity (Wildman–Crippen MR) is 90.6 cm³/mol. The maximum atomic E-state index is 3.59. The van der Waals surface area contributed by atoms with Gasteiger partial charge in [-0.2, -0.15) is 0 Å². The number of anilines is 1. The van der Waals surface area contributed by atoms with Crippen molar-refractivity contribution in [2.75, 3.05) is 5.32 Å². The van der Waals surface area contributed by atoms with E-state index in [1.165, 1.54) is 33.5 Å². The Morgan fingerprint density at radius 1 is 0.682 bits per heavy atom. The molecule has 2 N–H and O–H groups in total. The molecule has 0 aromatic heterocycles. The zero-order valence-electron chi connectivity index (χ0n) is 12.1. The Balaban J connectivity index is 1.63. The Kier molecular flexibility index (Phi) is 2.43. The van der Waals surface area contributed by atoms with Crippen LogP contribution in [0, 0.1) is 0 Å². The standard InChI is InChI=1S/C20H16N2/c1-2-6-13(7-3-1)14-8-4-9-15(12-14)16-10-5-11-17-18(16)21-20-19(17)22-20/h1-12,19-22H/t19?,20-/m1/s1. The molecule has 2 nitrogen and oxygen atoms in total. The average molecular weight is 284 g/mol. The summed E-state index contributed by atoms with van der Waals surface area (Å²) in [5.74, 6) is 0. The van der Waals surface area contributed by atoms with Gasteiger partial charge in [0.2, 0.25) is 0 Å².